The summed E-state index contributed by atoms with van der Waals surface area (Å²) in [7, 11) is 1.53. The average Bonchev–Trinajstić information content (AvgIpc) is 2.53. The molecule has 0 aromatic heterocycles. The normalized spacial score (nSPS) is 9.95. The Balaban J connectivity index is 1.81. The van der Waals surface area contributed by atoms with Crippen molar-refractivity contribution in [1.29, 1.82) is 0 Å². The molecule has 5 heteroatoms. The van der Waals surface area contributed by atoms with Crippen molar-refractivity contribution in [3.05, 3.63) is 59.7 Å². The van der Waals surface area contributed by atoms with Crippen molar-refractivity contribution in [3.8, 4) is 11.5 Å². The molecule has 3 N–H and O–H groups in total. The zero-order valence-corrected chi connectivity index (χ0v) is 12.6. The predicted octanol–water partition coefficient (Wildman–Crippen LogP) is 2.57. The molecule has 0 aliphatic carbocycles. The van der Waals surface area contributed by atoms with Crippen LogP contribution in [0.25, 0.3) is 0 Å². The molecule has 0 saturated carbocycles. The van der Waals surface area contributed by atoms with Crippen molar-refractivity contribution in [3.63, 3.8) is 0 Å². The second kappa shape index (κ2) is 7.50. The zero-order chi connectivity index (χ0) is 15.1. The number of nitrogens with one attached hydrogen (secondary N) is 2. The second-order valence-electron chi connectivity index (χ2n) is 4.53. The van der Waals surface area contributed by atoms with Gasteiger partial charge in [-0.05, 0) is 35.5 Å². The highest BCUT2D eigenvalue weighted by Crippen LogP contribution is 2.26. The molecule has 0 saturated heterocycles. The quantitative estimate of drug-likeness (QED) is 0.741. The molecule has 4 nitrogen and oxygen atoms in total. The summed E-state index contributed by atoms with van der Waals surface area (Å²) in [6.45, 7) is 1.25. The van der Waals surface area contributed by atoms with Crippen molar-refractivity contribution in [2.45, 2.75) is 13.1 Å². The van der Waals surface area contributed by atoms with Gasteiger partial charge in [-0.25, -0.2) is 0 Å². The Hall–Kier alpha value is -2.27. The van der Waals surface area contributed by atoms with Gasteiger partial charge in [0, 0.05) is 13.1 Å². The molecular weight excluding hydrogens is 284 g/mol. The van der Waals surface area contributed by atoms with Gasteiger partial charge in [-0.1, -0.05) is 36.4 Å². The lowest BCUT2D eigenvalue weighted by Gasteiger charge is -2.11. The molecule has 2 aromatic rings. The molecule has 110 valence electrons. The monoisotopic (exact) mass is 302 g/mol. The molecule has 0 bridgehead atoms. The molecule has 0 aliphatic heterocycles. The van der Waals surface area contributed by atoms with Gasteiger partial charge in [-0.2, -0.15) is 0 Å². The Morgan fingerprint density at radius 1 is 1.05 bits per heavy atom. The Bertz CT molecular complexity index is 602. The van der Waals surface area contributed by atoms with Crippen LogP contribution in [0.3, 0.4) is 0 Å². The Kier molecular flexibility index (Phi) is 5.40. The third-order valence-corrected chi connectivity index (χ3v) is 3.28. The van der Waals surface area contributed by atoms with Gasteiger partial charge in [0.15, 0.2) is 16.6 Å². The highest BCUT2D eigenvalue weighted by atomic mass is 32.1. The predicted molar refractivity (Wildman–Crippen MR) is 87.4 cm³/mol. The zero-order valence-electron chi connectivity index (χ0n) is 11.8. The first-order valence-electron chi connectivity index (χ1n) is 6.60. The fourth-order valence-corrected chi connectivity index (χ4v) is 2.00. The number of hydrogen-bond donors (Lipinski definition) is 3. The van der Waals surface area contributed by atoms with E-state index in [0.29, 0.717) is 24.0 Å². The lowest BCUT2D eigenvalue weighted by atomic mass is 10.2. The molecule has 0 spiro atoms. The van der Waals surface area contributed by atoms with Gasteiger partial charge in [-0.15, -0.1) is 0 Å². The van der Waals surface area contributed by atoms with Crippen molar-refractivity contribution in [1.82, 2.24) is 10.6 Å². The maximum Gasteiger partial charge on any atom is 0.166 e. The summed E-state index contributed by atoms with van der Waals surface area (Å²) >= 11 is 5.24. The van der Waals surface area contributed by atoms with E-state index >= 15 is 0 Å². The lowest BCUT2D eigenvalue weighted by Crippen LogP contribution is -2.34. The van der Waals surface area contributed by atoms with Gasteiger partial charge < -0.3 is 20.5 Å². The van der Waals surface area contributed by atoms with E-state index in [4.69, 9.17) is 17.0 Å². The van der Waals surface area contributed by atoms with E-state index in [0.717, 1.165) is 5.56 Å². The molecule has 0 atom stereocenters. The fraction of sp³-hybridized carbons (Fsp3) is 0.188. The van der Waals surface area contributed by atoms with Gasteiger partial charge >= 0.3 is 0 Å². The third kappa shape index (κ3) is 4.65. The van der Waals surface area contributed by atoms with Crippen molar-refractivity contribution in [2.24, 2.45) is 0 Å². The summed E-state index contributed by atoms with van der Waals surface area (Å²) < 4.78 is 5.07. The highest BCUT2D eigenvalue weighted by molar-refractivity contribution is 7.80. The highest BCUT2D eigenvalue weighted by Gasteiger charge is 2.03. The first-order chi connectivity index (χ1) is 10.2. The molecule has 21 heavy (non-hydrogen) atoms. The van der Waals surface area contributed by atoms with Crippen LogP contribution in [0.4, 0.5) is 0 Å². The van der Waals surface area contributed by atoms with E-state index in [1.54, 1.807) is 12.1 Å². The van der Waals surface area contributed by atoms with Gasteiger partial charge in [0.05, 0.1) is 7.11 Å². The number of methoxy groups -OCH3 is 1. The van der Waals surface area contributed by atoms with Crippen LogP contribution in [-0.4, -0.2) is 17.3 Å². The number of aromatic hydroxyl groups is 1. The number of hydrogen-bond acceptors (Lipinski definition) is 3. The third-order valence-electron chi connectivity index (χ3n) is 2.99. The fourth-order valence-electron chi connectivity index (χ4n) is 1.86. The molecule has 0 unspecified atom stereocenters. The van der Waals surface area contributed by atoms with E-state index in [1.807, 2.05) is 36.4 Å². The molecule has 0 radical (unpaired) electrons. The number of ether oxygens (including phenoxy) is 1. The Morgan fingerprint density at radius 2 is 1.71 bits per heavy atom. The Morgan fingerprint density at radius 3 is 2.38 bits per heavy atom. The molecule has 0 heterocycles. The van der Waals surface area contributed by atoms with Gasteiger partial charge in [0.2, 0.25) is 0 Å². The number of rotatable bonds is 5. The minimum Gasteiger partial charge on any atom is -0.504 e. The van der Waals surface area contributed by atoms with Crippen LogP contribution in [0.5, 0.6) is 11.5 Å². The van der Waals surface area contributed by atoms with Crippen LogP contribution >= 0.6 is 12.2 Å². The van der Waals surface area contributed by atoms with E-state index in [2.05, 4.69) is 10.6 Å². The summed E-state index contributed by atoms with van der Waals surface area (Å²) in [5.41, 5.74) is 2.15. The standard InChI is InChI=1S/C16H18N2O2S/c1-20-15-9-13(7-8-14(15)19)11-18-16(21)17-10-12-5-3-2-4-6-12/h2-9,19H,10-11H2,1H3,(H2,17,18,21). The summed E-state index contributed by atoms with van der Waals surface area (Å²) in [5.74, 6) is 0.587. The topological polar surface area (TPSA) is 53.5 Å². The second-order valence-corrected chi connectivity index (χ2v) is 4.94. The summed E-state index contributed by atoms with van der Waals surface area (Å²) in [6, 6.07) is 15.3. The van der Waals surface area contributed by atoms with Crippen molar-refractivity contribution < 1.29 is 9.84 Å². The van der Waals surface area contributed by atoms with Crippen LogP contribution in [0.2, 0.25) is 0 Å². The van der Waals surface area contributed by atoms with E-state index in [-0.39, 0.29) is 5.75 Å². The van der Waals surface area contributed by atoms with Gasteiger partial charge in [0.25, 0.3) is 0 Å². The van der Waals surface area contributed by atoms with Crippen LogP contribution in [0.1, 0.15) is 11.1 Å². The smallest absolute Gasteiger partial charge is 0.166 e. The summed E-state index contributed by atoms with van der Waals surface area (Å²) in [4.78, 5) is 0. The van der Waals surface area contributed by atoms with Crippen molar-refractivity contribution in [2.75, 3.05) is 7.11 Å². The molecule has 0 amide bonds. The van der Waals surface area contributed by atoms with Gasteiger partial charge in [-0.3, -0.25) is 0 Å². The summed E-state index contributed by atoms with van der Waals surface area (Å²) in [5, 5.41) is 16.4. The first kappa shape index (κ1) is 15.1. The molecule has 2 aromatic carbocycles. The van der Waals surface area contributed by atoms with E-state index < -0.39 is 0 Å². The number of benzene rings is 2. The SMILES string of the molecule is COc1cc(CNC(=S)NCc2ccccc2)ccc1O. The van der Waals surface area contributed by atoms with Crippen LogP contribution in [-0.2, 0) is 13.1 Å². The average molecular weight is 302 g/mol. The van der Waals surface area contributed by atoms with Crippen LogP contribution in [0, 0.1) is 0 Å². The van der Waals surface area contributed by atoms with Crippen LogP contribution in [0.15, 0.2) is 48.5 Å². The number of phenols is 1. The maximum absolute atomic E-state index is 9.54. The molecular formula is C16H18N2O2S. The minimum atomic E-state index is 0.131. The van der Waals surface area contributed by atoms with E-state index in [1.165, 1.54) is 12.7 Å². The largest absolute Gasteiger partial charge is 0.504 e. The number of phenolic OH excluding ortho intramolecular Hbond substituents is 1. The summed E-state index contributed by atoms with van der Waals surface area (Å²) in [6.07, 6.45) is 0. The van der Waals surface area contributed by atoms with Crippen LogP contribution < -0.4 is 15.4 Å². The molecule has 2 rings (SSSR count). The molecule has 0 fully saturated rings. The lowest BCUT2D eigenvalue weighted by molar-refractivity contribution is 0.373. The Labute approximate surface area is 129 Å². The van der Waals surface area contributed by atoms with E-state index in [9.17, 15) is 5.11 Å². The maximum atomic E-state index is 9.54. The van der Waals surface area contributed by atoms with Crippen molar-refractivity contribution >= 4 is 17.3 Å². The first-order valence-corrected chi connectivity index (χ1v) is 7.01. The van der Waals surface area contributed by atoms with Gasteiger partial charge in [0.1, 0.15) is 0 Å². The molecule has 0 aliphatic rings. The number of thiocarbonyl (C=S) groups is 1. The minimum absolute atomic E-state index is 0.131.